The fraction of sp³-hybridized carbons (Fsp3) is 0.588. The van der Waals surface area contributed by atoms with Gasteiger partial charge in [0.2, 0.25) is 0 Å². The normalized spacial score (nSPS) is 22.3. The van der Waals surface area contributed by atoms with Gasteiger partial charge in [-0.25, -0.2) is 4.68 Å². The van der Waals surface area contributed by atoms with Crippen molar-refractivity contribution in [2.24, 2.45) is 5.92 Å². The first-order valence-electron chi connectivity index (χ1n) is 8.83. The predicted molar refractivity (Wildman–Crippen MR) is 91.0 cm³/mol. The Morgan fingerprint density at radius 2 is 2.25 bits per heavy atom. The third kappa shape index (κ3) is 3.08. The van der Waals surface area contributed by atoms with Crippen LogP contribution in [0.1, 0.15) is 55.2 Å². The van der Waals surface area contributed by atoms with Gasteiger partial charge in [-0.1, -0.05) is 0 Å². The predicted octanol–water partition coefficient (Wildman–Crippen LogP) is 2.23. The van der Waals surface area contributed by atoms with Crippen LogP contribution in [0.15, 0.2) is 24.5 Å². The first kappa shape index (κ1) is 15.4. The maximum Gasteiger partial charge on any atom is 0.277 e. The van der Waals surface area contributed by atoms with Crippen molar-refractivity contribution in [3.63, 3.8) is 0 Å². The number of nitrogens with one attached hydrogen (secondary N) is 2. The molecule has 2 aromatic rings. The van der Waals surface area contributed by atoms with Gasteiger partial charge in [-0.05, 0) is 51.1 Å². The summed E-state index contributed by atoms with van der Waals surface area (Å²) in [5, 5.41) is 15.2. The van der Waals surface area contributed by atoms with E-state index in [0.717, 1.165) is 31.7 Å². The Kier molecular flexibility index (Phi) is 4.10. The van der Waals surface area contributed by atoms with Gasteiger partial charge in [0.05, 0.1) is 18.3 Å². The summed E-state index contributed by atoms with van der Waals surface area (Å²) in [5.41, 5.74) is 0.451. The molecule has 0 spiro atoms. The van der Waals surface area contributed by atoms with Gasteiger partial charge in [0.15, 0.2) is 5.69 Å². The summed E-state index contributed by atoms with van der Waals surface area (Å²) in [4.78, 5) is 12.5. The van der Waals surface area contributed by atoms with Crippen LogP contribution in [-0.2, 0) is 0 Å². The lowest BCUT2D eigenvalue weighted by atomic mass is 10.1. The van der Waals surface area contributed by atoms with Crippen LogP contribution in [0.5, 0.6) is 0 Å². The molecule has 2 atom stereocenters. The van der Waals surface area contributed by atoms with Gasteiger partial charge in [0.1, 0.15) is 5.82 Å². The maximum absolute atomic E-state index is 12.5. The van der Waals surface area contributed by atoms with Crippen LogP contribution in [0.25, 0.3) is 0 Å². The van der Waals surface area contributed by atoms with E-state index in [1.807, 2.05) is 21.6 Å². The van der Waals surface area contributed by atoms with Crippen LogP contribution >= 0.6 is 0 Å². The molecule has 1 amide bonds. The molecule has 1 aliphatic heterocycles. The molecule has 7 heteroatoms. The minimum atomic E-state index is -0.178. The molecule has 2 unspecified atom stereocenters. The zero-order valence-electron chi connectivity index (χ0n) is 14.0. The smallest absolute Gasteiger partial charge is 0.277 e. The Labute approximate surface area is 141 Å². The molecule has 2 aliphatic rings. The molecule has 24 heavy (non-hydrogen) atoms. The van der Waals surface area contributed by atoms with Gasteiger partial charge in [-0.3, -0.25) is 9.48 Å². The molecule has 0 bridgehead atoms. The van der Waals surface area contributed by atoms with E-state index >= 15 is 0 Å². The SMILES string of the molecule is CC(C1CC1)n1nccc1NC(=O)c1ccn(C2CCCNC2)n1. The molecule has 1 aliphatic carbocycles. The fourth-order valence-corrected chi connectivity index (χ4v) is 3.42. The summed E-state index contributed by atoms with van der Waals surface area (Å²) in [6.45, 7) is 4.13. The van der Waals surface area contributed by atoms with E-state index < -0.39 is 0 Å². The minimum absolute atomic E-state index is 0.178. The monoisotopic (exact) mass is 328 g/mol. The lowest BCUT2D eigenvalue weighted by Gasteiger charge is -2.22. The van der Waals surface area contributed by atoms with E-state index in [1.54, 1.807) is 12.3 Å². The van der Waals surface area contributed by atoms with E-state index in [4.69, 9.17) is 0 Å². The van der Waals surface area contributed by atoms with E-state index in [2.05, 4.69) is 27.8 Å². The molecule has 3 heterocycles. The van der Waals surface area contributed by atoms with Gasteiger partial charge < -0.3 is 10.6 Å². The average Bonchev–Trinajstić information content (AvgIpc) is 3.16. The number of aromatic nitrogens is 4. The number of anilines is 1. The molecule has 128 valence electrons. The third-order valence-electron chi connectivity index (χ3n) is 5.09. The molecular weight excluding hydrogens is 304 g/mol. The molecular formula is C17H24N6O. The number of nitrogens with zero attached hydrogens (tertiary/aromatic N) is 4. The Morgan fingerprint density at radius 3 is 3.00 bits per heavy atom. The highest BCUT2D eigenvalue weighted by Gasteiger charge is 2.31. The number of carbonyl (C=O) groups excluding carboxylic acids is 1. The zero-order valence-corrected chi connectivity index (χ0v) is 14.0. The maximum atomic E-state index is 12.5. The van der Waals surface area contributed by atoms with Crippen LogP contribution in [0.3, 0.4) is 0 Å². The first-order valence-corrected chi connectivity index (χ1v) is 8.83. The summed E-state index contributed by atoms with van der Waals surface area (Å²) in [5.74, 6) is 1.24. The van der Waals surface area contributed by atoms with Gasteiger partial charge in [0.25, 0.3) is 5.91 Å². The highest BCUT2D eigenvalue weighted by atomic mass is 16.2. The van der Waals surface area contributed by atoms with Gasteiger partial charge in [-0.15, -0.1) is 0 Å². The summed E-state index contributed by atoms with van der Waals surface area (Å²) in [7, 11) is 0. The zero-order chi connectivity index (χ0) is 16.5. The fourth-order valence-electron chi connectivity index (χ4n) is 3.42. The summed E-state index contributed by atoms with van der Waals surface area (Å²) in [6, 6.07) is 4.29. The van der Waals surface area contributed by atoms with Gasteiger partial charge in [0, 0.05) is 18.8 Å². The second-order valence-corrected chi connectivity index (χ2v) is 6.87. The van der Waals surface area contributed by atoms with Crippen molar-refractivity contribution >= 4 is 11.7 Å². The van der Waals surface area contributed by atoms with Crippen molar-refractivity contribution in [2.45, 2.75) is 44.7 Å². The number of carbonyl (C=O) groups is 1. The van der Waals surface area contributed by atoms with Crippen LogP contribution in [0, 0.1) is 5.92 Å². The van der Waals surface area contributed by atoms with Gasteiger partial charge >= 0.3 is 0 Å². The van der Waals surface area contributed by atoms with Crippen molar-refractivity contribution in [1.82, 2.24) is 24.9 Å². The van der Waals surface area contributed by atoms with Crippen molar-refractivity contribution in [2.75, 3.05) is 18.4 Å². The molecule has 0 aromatic carbocycles. The number of amides is 1. The Balaban J connectivity index is 1.45. The van der Waals surface area contributed by atoms with Crippen molar-refractivity contribution in [1.29, 1.82) is 0 Å². The highest BCUT2D eigenvalue weighted by Crippen LogP contribution is 2.40. The Morgan fingerprint density at radius 1 is 1.38 bits per heavy atom. The topological polar surface area (TPSA) is 76.8 Å². The molecule has 7 nitrogen and oxygen atoms in total. The molecule has 0 radical (unpaired) electrons. The van der Waals surface area contributed by atoms with Gasteiger partial charge in [-0.2, -0.15) is 10.2 Å². The second-order valence-electron chi connectivity index (χ2n) is 6.87. The Hall–Kier alpha value is -2.15. The molecule has 1 saturated carbocycles. The van der Waals surface area contributed by atoms with E-state index in [-0.39, 0.29) is 5.91 Å². The third-order valence-corrected chi connectivity index (χ3v) is 5.09. The number of hydrogen-bond acceptors (Lipinski definition) is 4. The quantitative estimate of drug-likeness (QED) is 0.882. The standard InChI is InChI=1S/C17H24N6O/c1-12(13-4-5-13)23-16(6-9-19-23)20-17(24)15-7-10-22(21-15)14-3-2-8-18-11-14/h6-7,9-10,12-14,18H,2-5,8,11H2,1H3,(H,20,24). The van der Waals surface area contributed by atoms with Crippen LogP contribution in [0.4, 0.5) is 5.82 Å². The van der Waals surface area contributed by atoms with E-state index in [1.165, 1.54) is 12.8 Å². The summed E-state index contributed by atoms with van der Waals surface area (Å²) < 4.78 is 3.82. The number of rotatable bonds is 5. The molecule has 2 N–H and O–H groups in total. The van der Waals surface area contributed by atoms with E-state index in [9.17, 15) is 4.79 Å². The largest absolute Gasteiger partial charge is 0.315 e. The van der Waals surface area contributed by atoms with Crippen LogP contribution in [-0.4, -0.2) is 38.6 Å². The van der Waals surface area contributed by atoms with Crippen molar-refractivity contribution < 1.29 is 4.79 Å². The number of piperidine rings is 1. The molecule has 1 saturated heterocycles. The molecule has 2 fully saturated rings. The minimum Gasteiger partial charge on any atom is -0.315 e. The lowest BCUT2D eigenvalue weighted by molar-refractivity contribution is 0.101. The number of hydrogen-bond donors (Lipinski definition) is 2. The molecule has 4 rings (SSSR count). The summed E-state index contributed by atoms with van der Waals surface area (Å²) >= 11 is 0. The van der Waals surface area contributed by atoms with Crippen LogP contribution < -0.4 is 10.6 Å². The van der Waals surface area contributed by atoms with Crippen molar-refractivity contribution in [3.05, 3.63) is 30.2 Å². The lowest BCUT2D eigenvalue weighted by Crippen LogP contribution is -2.32. The Bertz CT molecular complexity index is 710. The van der Waals surface area contributed by atoms with E-state index in [0.29, 0.717) is 23.7 Å². The first-order chi connectivity index (χ1) is 11.7. The molecule has 2 aromatic heterocycles. The average molecular weight is 328 g/mol. The van der Waals surface area contributed by atoms with Crippen LogP contribution in [0.2, 0.25) is 0 Å². The van der Waals surface area contributed by atoms with Crippen molar-refractivity contribution in [3.8, 4) is 0 Å². The second kappa shape index (κ2) is 6.39. The highest BCUT2D eigenvalue weighted by molar-refractivity contribution is 6.02. The summed E-state index contributed by atoms with van der Waals surface area (Å²) in [6.07, 6.45) is 8.37.